The van der Waals surface area contributed by atoms with E-state index in [4.69, 9.17) is 0 Å². The van der Waals surface area contributed by atoms with E-state index in [0.717, 1.165) is 0 Å². The standard InChI is InChI=1S/C18H21N3O2/c1-18(2,3)16(22)19-20-17(23)21(14-10-6-4-7-11-14)15-12-8-5-9-13-15/h4-13H,1-3H3,(H,19,22)(H,20,23). The van der Waals surface area contributed by atoms with Gasteiger partial charge in [-0.2, -0.15) is 0 Å². The first-order valence-corrected chi connectivity index (χ1v) is 7.40. The summed E-state index contributed by atoms with van der Waals surface area (Å²) in [6, 6.07) is 18.1. The Morgan fingerprint density at radius 3 is 1.61 bits per heavy atom. The summed E-state index contributed by atoms with van der Waals surface area (Å²) in [5.74, 6) is -0.257. The molecule has 0 aliphatic carbocycles. The van der Waals surface area contributed by atoms with E-state index >= 15 is 0 Å². The number of amides is 3. The van der Waals surface area contributed by atoms with Crippen LogP contribution in [0.3, 0.4) is 0 Å². The quantitative estimate of drug-likeness (QED) is 0.832. The zero-order valence-electron chi connectivity index (χ0n) is 13.5. The van der Waals surface area contributed by atoms with E-state index in [2.05, 4.69) is 10.9 Å². The molecule has 5 heteroatoms. The van der Waals surface area contributed by atoms with Crippen LogP contribution in [0.5, 0.6) is 0 Å². The predicted octanol–water partition coefficient (Wildman–Crippen LogP) is 3.61. The van der Waals surface area contributed by atoms with Crippen LogP contribution in [-0.4, -0.2) is 11.9 Å². The lowest BCUT2D eigenvalue weighted by Crippen LogP contribution is -2.50. The fourth-order valence-electron chi connectivity index (χ4n) is 1.89. The van der Waals surface area contributed by atoms with Gasteiger partial charge in [0.05, 0.1) is 11.4 Å². The van der Waals surface area contributed by atoms with Gasteiger partial charge in [0.15, 0.2) is 0 Å². The van der Waals surface area contributed by atoms with E-state index in [1.165, 1.54) is 4.90 Å². The first-order valence-electron chi connectivity index (χ1n) is 7.40. The van der Waals surface area contributed by atoms with Crippen LogP contribution in [0.1, 0.15) is 20.8 Å². The van der Waals surface area contributed by atoms with Gasteiger partial charge >= 0.3 is 6.03 Å². The number of hydrogen-bond donors (Lipinski definition) is 2. The molecule has 0 saturated heterocycles. The Morgan fingerprint density at radius 1 is 0.783 bits per heavy atom. The number of para-hydroxylation sites is 2. The number of urea groups is 1. The number of carbonyl (C=O) groups excluding carboxylic acids is 2. The average molecular weight is 311 g/mol. The molecule has 23 heavy (non-hydrogen) atoms. The van der Waals surface area contributed by atoms with Crippen molar-refractivity contribution in [2.24, 2.45) is 5.41 Å². The molecular formula is C18H21N3O2. The summed E-state index contributed by atoms with van der Waals surface area (Å²) in [4.78, 5) is 26.0. The average Bonchev–Trinajstić information content (AvgIpc) is 2.54. The summed E-state index contributed by atoms with van der Waals surface area (Å²) >= 11 is 0. The number of nitrogens with zero attached hydrogens (tertiary/aromatic N) is 1. The van der Waals surface area contributed by atoms with Crippen LogP contribution in [0, 0.1) is 5.41 Å². The topological polar surface area (TPSA) is 61.4 Å². The molecule has 0 saturated carbocycles. The van der Waals surface area contributed by atoms with Crippen LogP contribution < -0.4 is 15.8 Å². The second-order valence-electron chi connectivity index (χ2n) is 6.14. The lowest BCUT2D eigenvalue weighted by molar-refractivity contribution is -0.129. The maximum atomic E-state index is 12.6. The van der Waals surface area contributed by atoms with Crippen molar-refractivity contribution in [3.63, 3.8) is 0 Å². The summed E-state index contributed by atoms with van der Waals surface area (Å²) in [5, 5.41) is 0. The van der Waals surface area contributed by atoms with Gasteiger partial charge in [0.25, 0.3) is 0 Å². The number of rotatable bonds is 2. The summed E-state index contributed by atoms with van der Waals surface area (Å²) in [5.41, 5.74) is 5.77. The Balaban J connectivity index is 2.21. The molecule has 0 atom stereocenters. The number of anilines is 2. The van der Waals surface area contributed by atoms with E-state index in [1.54, 1.807) is 20.8 Å². The van der Waals surface area contributed by atoms with Gasteiger partial charge in [-0.1, -0.05) is 57.2 Å². The number of carbonyl (C=O) groups is 2. The molecule has 0 aliphatic heterocycles. The summed E-state index contributed by atoms with van der Waals surface area (Å²) in [7, 11) is 0. The van der Waals surface area contributed by atoms with E-state index in [1.807, 2.05) is 60.7 Å². The van der Waals surface area contributed by atoms with Crippen LogP contribution >= 0.6 is 0 Å². The van der Waals surface area contributed by atoms with Crippen molar-refractivity contribution in [2.45, 2.75) is 20.8 Å². The largest absolute Gasteiger partial charge is 0.345 e. The third-order valence-electron chi connectivity index (χ3n) is 3.20. The Morgan fingerprint density at radius 2 is 1.22 bits per heavy atom. The van der Waals surface area contributed by atoms with Gasteiger partial charge in [0, 0.05) is 5.41 Å². The number of hydrazine groups is 1. The highest BCUT2D eigenvalue weighted by Crippen LogP contribution is 2.24. The highest BCUT2D eigenvalue weighted by atomic mass is 16.2. The van der Waals surface area contributed by atoms with Crippen molar-refractivity contribution in [2.75, 3.05) is 4.90 Å². The van der Waals surface area contributed by atoms with Gasteiger partial charge in [-0.25, -0.2) is 10.2 Å². The van der Waals surface area contributed by atoms with Gasteiger partial charge in [-0.15, -0.1) is 0 Å². The minimum Gasteiger partial charge on any atom is -0.273 e. The maximum absolute atomic E-state index is 12.6. The number of benzene rings is 2. The van der Waals surface area contributed by atoms with Crippen molar-refractivity contribution >= 4 is 23.3 Å². The Hall–Kier alpha value is -2.82. The first-order chi connectivity index (χ1) is 10.9. The Kier molecular flexibility index (Phi) is 5.01. The van der Waals surface area contributed by atoms with Crippen LogP contribution in [0.15, 0.2) is 60.7 Å². The van der Waals surface area contributed by atoms with Crippen molar-refractivity contribution in [3.05, 3.63) is 60.7 Å². The van der Waals surface area contributed by atoms with Crippen LogP contribution in [-0.2, 0) is 4.79 Å². The van der Waals surface area contributed by atoms with Gasteiger partial charge in [0.2, 0.25) is 5.91 Å². The Bertz CT molecular complexity index is 624. The molecule has 2 N–H and O–H groups in total. The number of hydrogen-bond acceptors (Lipinski definition) is 2. The molecule has 0 fully saturated rings. The third kappa shape index (κ3) is 4.32. The molecule has 2 aromatic carbocycles. The van der Waals surface area contributed by atoms with Crippen molar-refractivity contribution in [1.29, 1.82) is 0 Å². The minimum absolute atomic E-state index is 0.257. The molecule has 0 bridgehead atoms. The van der Waals surface area contributed by atoms with E-state index in [-0.39, 0.29) is 5.91 Å². The lowest BCUT2D eigenvalue weighted by atomic mass is 9.96. The second kappa shape index (κ2) is 6.96. The molecule has 3 amide bonds. The highest BCUT2D eigenvalue weighted by molar-refractivity contribution is 6.00. The smallest absolute Gasteiger partial charge is 0.273 e. The second-order valence-corrected chi connectivity index (χ2v) is 6.14. The molecule has 2 aromatic rings. The van der Waals surface area contributed by atoms with E-state index < -0.39 is 11.4 Å². The molecule has 0 aromatic heterocycles. The van der Waals surface area contributed by atoms with Gasteiger partial charge < -0.3 is 0 Å². The molecular weight excluding hydrogens is 290 g/mol. The highest BCUT2D eigenvalue weighted by Gasteiger charge is 2.23. The first kappa shape index (κ1) is 16.5. The molecule has 0 radical (unpaired) electrons. The van der Waals surface area contributed by atoms with Crippen LogP contribution in [0.25, 0.3) is 0 Å². The molecule has 2 rings (SSSR count). The minimum atomic E-state index is -0.586. The third-order valence-corrected chi connectivity index (χ3v) is 3.20. The van der Waals surface area contributed by atoms with E-state index in [0.29, 0.717) is 11.4 Å². The van der Waals surface area contributed by atoms with Crippen LogP contribution in [0.4, 0.5) is 16.2 Å². The van der Waals surface area contributed by atoms with Crippen molar-refractivity contribution < 1.29 is 9.59 Å². The zero-order valence-corrected chi connectivity index (χ0v) is 13.5. The summed E-state index contributed by atoms with van der Waals surface area (Å²) in [6.45, 7) is 5.34. The van der Waals surface area contributed by atoms with E-state index in [9.17, 15) is 9.59 Å². The molecule has 0 spiro atoms. The fourth-order valence-corrected chi connectivity index (χ4v) is 1.89. The lowest BCUT2D eigenvalue weighted by Gasteiger charge is -2.25. The molecule has 0 aliphatic rings. The molecule has 120 valence electrons. The van der Waals surface area contributed by atoms with Gasteiger partial charge in [0.1, 0.15) is 0 Å². The summed E-state index contributed by atoms with van der Waals surface area (Å²) < 4.78 is 0. The normalized spacial score (nSPS) is 10.7. The molecule has 5 nitrogen and oxygen atoms in total. The summed E-state index contributed by atoms with van der Waals surface area (Å²) in [6.07, 6.45) is 0. The zero-order chi connectivity index (χ0) is 16.9. The number of nitrogens with one attached hydrogen (secondary N) is 2. The van der Waals surface area contributed by atoms with Crippen molar-refractivity contribution in [3.8, 4) is 0 Å². The van der Waals surface area contributed by atoms with Crippen molar-refractivity contribution in [1.82, 2.24) is 10.9 Å². The maximum Gasteiger partial charge on any atom is 0.345 e. The SMILES string of the molecule is CC(C)(C)C(=O)NNC(=O)N(c1ccccc1)c1ccccc1. The monoisotopic (exact) mass is 311 g/mol. The van der Waals surface area contributed by atoms with Gasteiger partial charge in [-0.3, -0.25) is 15.1 Å². The van der Waals surface area contributed by atoms with Crippen LogP contribution in [0.2, 0.25) is 0 Å². The predicted molar refractivity (Wildman–Crippen MR) is 91.2 cm³/mol. The van der Waals surface area contributed by atoms with Gasteiger partial charge in [-0.05, 0) is 24.3 Å². The Labute approximate surface area is 136 Å². The molecule has 0 unspecified atom stereocenters. The fraction of sp³-hybridized carbons (Fsp3) is 0.222. The molecule has 0 heterocycles.